The molecular formula is C17H23NO5. The molecule has 2 aliphatic rings. The molecule has 23 heavy (non-hydrogen) atoms. The van der Waals surface area contributed by atoms with Gasteiger partial charge in [0.1, 0.15) is 18.1 Å². The smallest absolute Gasteiger partial charge is 0.192 e. The first-order valence-corrected chi connectivity index (χ1v) is 7.82. The molecule has 0 spiro atoms. The van der Waals surface area contributed by atoms with Crippen molar-refractivity contribution in [3.05, 3.63) is 22.8 Å². The Kier molecular flexibility index (Phi) is 4.57. The number of hydrogen-bond donors (Lipinski definition) is 1. The summed E-state index contributed by atoms with van der Waals surface area (Å²) in [5.74, 6) is 1.26. The molecular weight excluding hydrogens is 298 g/mol. The highest BCUT2D eigenvalue weighted by Gasteiger charge is 2.38. The lowest BCUT2D eigenvalue weighted by molar-refractivity contribution is 0.0655. The number of likely N-dealkylation sites (N-methyl/N-ethyl adjacent to an activating group) is 1. The molecule has 6 heteroatoms. The highest BCUT2D eigenvalue weighted by molar-refractivity contribution is 6.02. The molecule has 1 aromatic rings. The maximum absolute atomic E-state index is 12.3. The normalized spacial score (nSPS) is 24.6. The maximum Gasteiger partial charge on any atom is 0.192 e. The molecule has 2 heterocycles. The number of likely N-dealkylation sites (tertiary alicyclic amines) is 1. The van der Waals surface area contributed by atoms with E-state index in [1.807, 2.05) is 7.05 Å². The van der Waals surface area contributed by atoms with Crippen LogP contribution in [0.15, 0.2) is 6.07 Å². The van der Waals surface area contributed by atoms with Crippen molar-refractivity contribution >= 4 is 5.78 Å². The summed E-state index contributed by atoms with van der Waals surface area (Å²) in [4.78, 5) is 14.5. The number of Topliss-reactive ketones (excluding diaryl/α,β-unsaturated/α-hetero) is 1. The summed E-state index contributed by atoms with van der Waals surface area (Å²) in [5.41, 5.74) is 2.41. The number of hydrogen-bond acceptors (Lipinski definition) is 6. The van der Waals surface area contributed by atoms with Gasteiger partial charge in [0, 0.05) is 23.6 Å². The second kappa shape index (κ2) is 6.47. The number of aliphatic hydroxyl groups excluding tert-OH is 1. The number of aliphatic hydroxyl groups is 1. The third-order valence-electron chi connectivity index (χ3n) is 4.98. The number of ketones is 1. The maximum atomic E-state index is 12.3. The molecule has 0 saturated carbocycles. The minimum atomic E-state index is -0.0705. The zero-order valence-electron chi connectivity index (χ0n) is 13.8. The summed E-state index contributed by atoms with van der Waals surface area (Å²) in [5, 5.41) is 9.78. The first-order valence-electron chi connectivity index (χ1n) is 7.82. The Labute approximate surface area is 135 Å². The number of methoxy groups -OCH3 is 2. The van der Waals surface area contributed by atoms with Crippen LogP contribution in [0.3, 0.4) is 0 Å². The van der Waals surface area contributed by atoms with Crippen LogP contribution >= 0.6 is 0 Å². The van der Waals surface area contributed by atoms with E-state index >= 15 is 0 Å². The fraction of sp³-hybridized carbons (Fsp3) is 0.588. The van der Waals surface area contributed by atoms with Crippen LogP contribution in [0.25, 0.3) is 0 Å². The molecule has 0 aliphatic carbocycles. The van der Waals surface area contributed by atoms with E-state index in [-0.39, 0.29) is 31.0 Å². The molecule has 0 aromatic heterocycles. The van der Waals surface area contributed by atoms with Crippen molar-refractivity contribution in [1.82, 2.24) is 4.90 Å². The van der Waals surface area contributed by atoms with Crippen LogP contribution in [0, 0.1) is 0 Å². The summed E-state index contributed by atoms with van der Waals surface area (Å²) in [7, 11) is 5.17. The van der Waals surface area contributed by atoms with E-state index in [9.17, 15) is 9.90 Å². The van der Waals surface area contributed by atoms with Gasteiger partial charge in [0.05, 0.1) is 33.0 Å². The van der Waals surface area contributed by atoms with Crippen molar-refractivity contribution in [3.63, 3.8) is 0 Å². The van der Waals surface area contributed by atoms with Gasteiger partial charge in [0.15, 0.2) is 5.78 Å². The van der Waals surface area contributed by atoms with E-state index in [1.165, 1.54) is 0 Å². The van der Waals surface area contributed by atoms with Gasteiger partial charge in [-0.3, -0.25) is 4.79 Å². The molecule has 3 rings (SSSR count). The third-order valence-corrected chi connectivity index (χ3v) is 4.98. The molecule has 6 nitrogen and oxygen atoms in total. The largest absolute Gasteiger partial charge is 0.496 e. The number of ether oxygens (including phenoxy) is 3. The summed E-state index contributed by atoms with van der Waals surface area (Å²) < 4.78 is 16.5. The third kappa shape index (κ3) is 2.60. The van der Waals surface area contributed by atoms with Gasteiger partial charge in [-0.25, -0.2) is 0 Å². The van der Waals surface area contributed by atoms with Crippen LogP contribution in [-0.4, -0.2) is 62.9 Å². The fourth-order valence-electron chi connectivity index (χ4n) is 3.82. The standard InChI is InChI=1S/C17H23NO5/c1-18-5-4-10(12(18)7-19)16-11-8-23-9-13(20)17(11)15(22-3)6-14(16)21-2/h6,10,12,19H,4-5,7-9H2,1-3H3. The lowest BCUT2D eigenvalue weighted by Gasteiger charge is -2.29. The second-order valence-electron chi connectivity index (χ2n) is 6.09. The minimum Gasteiger partial charge on any atom is -0.496 e. The quantitative estimate of drug-likeness (QED) is 0.899. The number of carbonyl (C=O) groups is 1. The molecule has 2 aliphatic heterocycles. The molecule has 0 bridgehead atoms. The van der Waals surface area contributed by atoms with Gasteiger partial charge in [-0.05, 0) is 25.6 Å². The molecule has 1 fully saturated rings. The molecule has 1 saturated heterocycles. The molecule has 1 aromatic carbocycles. The Morgan fingerprint density at radius 2 is 2.04 bits per heavy atom. The van der Waals surface area contributed by atoms with Crippen LogP contribution in [0.5, 0.6) is 11.5 Å². The fourth-order valence-corrected chi connectivity index (χ4v) is 3.82. The van der Waals surface area contributed by atoms with Gasteiger partial charge in [0.2, 0.25) is 0 Å². The zero-order valence-corrected chi connectivity index (χ0v) is 13.8. The van der Waals surface area contributed by atoms with E-state index in [0.29, 0.717) is 23.7 Å². The van der Waals surface area contributed by atoms with Crippen molar-refractivity contribution in [2.45, 2.75) is 25.0 Å². The molecule has 126 valence electrons. The average Bonchev–Trinajstić information content (AvgIpc) is 2.93. The topological polar surface area (TPSA) is 68.2 Å². The van der Waals surface area contributed by atoms with E-state index in [0.717, 1.165) is 24.1 Å². The first-order chi connectivity index (χ1) is 11.1. The van der Waals surface area contributed by atoms with E-state index < -0.39 is 0 Å². The van der Waals surface area contributed by atoms with Crippen molar-refractivity contribution in [3.8, 4) is 11.5 Å². The van der Waals surface area contributed by atoms with Gasteiger partial charge in [-0.2, -0.15) is 0 Å². The van der Waals surface area contributed by atoms with Crippen LogP contribution < -0.4 is 9.47 Å². The second-order valence-corrected chi connectivity index (χ2v) is 6.09. The predicted octanol–water partition coefficient (Wildman–Crippen LogP) is 1.20. The van der Waals surface area contributed by atoms with Crippen molar-refractivity contribution in [2.75, 3.05) is 41.0 Å². The van der Waals surface area contributed by atoms with E-state index in [2.05, 4.69) is 4.90 Å². The summed E-state index contributed by atoms with van der Waals surface area (Å²) >= 11 is 0. The Morgan fingerprint density at radius 1 is 1.30 bits per heavy atom. The number of nitrogens with zero attached hydrogens (tertiary/aromatic N) is 1. The van der Waals surface area contributed by atoms with Gasteiger partial charge >= 0.3 is 0 Å². The first kappa shape index (κ1) is 16.2. The molecule has 2 atom stereocenters. The summed E-state index contributed by atoms with van der Waals surface area (Å²) in [6.45, 7) is 1.40. The highest BCUT2D eigenvalue weighted by atomic mass is 16.5. The van der Waals surface area contributed by atoms with Crippen LogP contribution in [0.4, 0.5) is 0 Å². The highest BCUT2D eigenvalue weighted by Crippen LogP contribution is 2.44. The van der Waals surface area contributed by atoms with Crippen LogP contribution in [0.2, 0.25) is 0 Å². The lowest BCUT2D eigenvalue weighted by atomic mass is 9.84. The molecule has 0 radical (unpaired) electrons. The van der Waals surface area contributed by atoms with Gasteiger partial charge in [0.25, 0.3) is 0 Å². The molecule has 0 amide bonds. The minimum absolute atomic E-state index is 0.0124. The van der Waals surface area contributed by atoms with Crippen LogP contribution in [-0.2, 0) is 11.3 Å². The molecule has 2 unspecified atom stereocenters. The van der Waals surface area contributed by atoms with Crippen molar-refractivity contribution < 1.29 is 24.1 Å². The summed E-state index contributed by atoms with van der Waals surface area (Å²) in [6, 6.07) is 1.79. The monoisotopic (exact) mass is 321 g/mol. The Balaban J connectivity index is 2.19. The Morgan fingerprint density at radius 3 is 2.70 bits per heavy atom. The SMILES string of the molecule is COc1cc(OC)c(C2CCN(C)C2CO)c2c1C(=O)COC2. The van der Waals surface area contributed by atoms with E-state index in [4.69, 9.17) is 14.2 Å². The predicted molar refractivity (Wildman–Crippen MR) is 84.4 cm³/mol. The Bertz CT molecular complexity index is 615. The Hall–Kier alpha value is -1.63. The lowest BCUT2D eigenvalue weighted by Crippen LogP contribution is -2.33. The van der Waals surface area contributed by atoms with Crippen molar-refractivity contribution in [1.29, 1.82) is 0 Å². The number of fused-ring (bicyclic) bond motifs is 1. The summed E-state index contributed by atoms with van der Waals surface area (Å²) in [6.07, 6.45) is 0.908. The number of carbonyl (C=O) groups excluding carboxylic acids is 1. The van der Waals surface area contributed by atoms with Crippen molar-refractivity contribution in [2.24, 2.45) is 0 Å². The number of benzene rings is 1. The zero-order chi connectivity index (χ0) is 16.6. The average molecular weight is 321 g/mol. The van der Waals surface area contributed by atoms with Gasteiger partial charge < -0.3 is 24.2 Å². The van der Waals surface area contributed by atoms with Gasteiger partial charge in [-0.15, -0.1) is 0 Å². The van der Waals surface area contributed by atoms with Crippen LogP contribution in [0.1, 0.15) is 33.8 Å². The molecule has 1 N–H and O–H groups in total. The van der Waals surface area contributed by atoms with E-state index in [1.54, 1.807) is 20.3 Å². The number of rotatable bonds is 4. The van der Waals surface area contributed by atoms with Gasteiger partial charge in [-0.1, -0.05) is 0 Å².